The van der Waals surface area contributed by atoms with Crippen molar-refractivity contribution in [3.05, 3.63) is 24.0 Å². The van der Waals surface area contributed by atoms with Gasteiger partial charge in [0, 0.05) is 39.9 Å². The molecule has 0 saturated carbocycles. The Morgan fingerprint density at radius 1 is 0.944 bits per heavy atom. The number of nitrogens with one attached hydrogen (secondary N) is 2. The van der Waals surface area contributed by atoms with Gasteiger partial charge >= 0.3 is 0 Å². The molecule has 1 aliphatic carbocycles. The molecular weight excluding hydrogens is 688 g/mol. The van der Waals surface area contributed by atoms with Crippen LogP contribution in [-0.4, -0.2) is 136 Å². The van der Waals surface area contributed by atoms with Crippen molar-refractivity contribution in [2.75, 3.05) is 49.0 Å². The van der Waals surface area contributed by atoms with E-state index in [9.17, 15) is 19.2 Å². The third kappa shape index (κ3) is 12.0. The maximum absolute atomic E-state index is 14.2. The fourth-order valence-corrected chi connectivity index (χ4v) is 8.29. The molecule has 1 fully saturated rings. The highest BCUT2D eigenvalue weighted by atomic mass is 16.5. The number of nitrogens with two attached hydrogens (primary N) is 1. The van der Waals surface area contributed by atoms with Crippen molar-refractivity contribution in [3.8, 4) is 0 Å². The SMILES string of the molecule is CCC(C)[C@@H]([C@@H](CC(=O)N1CCC[C@H]1[C@H](OC)[C@@H](C)C(=O)N[C@H](C)C(N)C1C=CC(OC)=CC1)OC)N(C)C(=O)[C@@H](NC(=O)[C@H](C(C)C)N(C)C)C(C)C. The minimum atomic E-state index is -0.752. The number of hydrogen-bond donors (Lipinski definition) is 3. The van der Waals surface area contributed by atoms with Gasteiger partial charge in [-0.15, -0.1) is 0 Å². The number of carbonyl (C=O) groups excluding carboxylic acids is 4. The molecule has 1 saturated heterocycles. The third-order valence-electron chi connectivity index (χ3n) is 11.7. The van der Waals surface area contributed by atoms with Gasteiger partial charge in [0.1, 0.15) is 11.8 Å². The van der Waals surface area contributed by atoms with Crippen LogP contribution in [0.1, 0.15) is 87.5 Å². The normalized spacial score (nSPS) is 22.5. The summed E-state index contributed by atoms with van der Waals surface area (Å²) in [5, 5.41) is 6.15. The van der Waals surface area contributed by atoms with Crippen LogP contribution in [0.25, 0.3) is 0 Å². The Morgan fingerprint density at radius 2 is 1.59 bits per heavy atom. The standard InChI is InChI=1S/C41H74N6O7/c1-15-26(6)37(46(11)41(51)35(24(2)3)44-40(50)36(25(4)5)45(9)10)32(53-13)23-33(48)47-22-16-17-31(47)38(54-14)27(7)39(49)43-28(8)34(42)29-18-20-30(52-12)21-19-29/h18,20-21,24-29,31-32,34-38H,15-17,19,22-23,42H2,1-14H3,(H,43,49)(H,44,50)/t26?,27-,28-,29?,31+,32-,34?,35+,36+,37+,38-/m1/s1. The topological polar surface area (TPSA) is 156 Å². The molecule has 310 valence electrons. The third-order valence-corrected chi connectivity index (χ3v) is 11.7. The van der Waals surface area contributed by atoms with E-state index < -0.39 is 30.2 Å². The molecule has 0 aromatic heterocycles. The second-order valence-electron chi connectivity index (χ2n) is 16.4. The van der Waals surface area contributed by atoms with E-state index in [-0.39, 0.29) is 77.9 Å². The molecule has 0 aromatic rings. The van der Waals surface area contributed by atoms with E-state index in [2.05, 4.69) is 24.5 Å². The first-order chi connectivity index (χ1) is 25.4. The highest BCUT2D eigenvalue weighted by molar-refractivity contribution is 5.90. The molecule has 0 bridgehead atoms. The quantitative estimate of drug-likeness (QED) is 0.159. The molecular formula is C41H74N6O7. The van der Waals surface area contributed by atoms with Crippen LogP contribution in [0.4, 0.5) is 0 Å². The lowest BCUT2D eigenvalue weighted by Crippen LogP contribution is -2.59. The van der Waals surface area contributed by atoms with E-state index in [4.69, 9.17) is 19.9 Å². The molecule has 4 N–H and O–H groups in total. The van der Waals surface area contributed by atoms with Crippen LogP contribution in [0.2, 0.25) is 0 Å². The Bertz CT molecular complexity index is 1280. The number of ether oxygens (including phenoxy) is 3. The number of likely N-dealkylation sites (tertiary alicyclic amines) is 1. The summed E-state index contributed by atoms with van der Waals surface area (Å²) in [5.41, 5.74) is 6.58. The van der Waals surface area contributed by atoms with Crippen LogP contribution in [0, 0.1) is 29.6 Å². The number of likely N-dealkylation sites (N-methyl/N-ethyl adjacent to an activating group) is 2. The van der Waals surface area contributed by atoms with Crippen molar-refractivity contribution in [2.24, 2.45) is 35.3 Å². The summed E-state index contributed by atoms with van der Waals surface area (Å²) >= 11 is 0. The number of allylic oxidation sites excluding steroid dienone is 2. The summed E-state index contributed by atoms with van der Waals surface area (Å²) in [7, 11) is 10.3. The Labute approximate surface area is 326 Å². The lowest BCUT2D eigenvalue weighted by atomic mass is 9.88. The molecule has 2 aliphatic rings. The fourth-order valence-electron chi connectivity index (χ4n) is 8.29. The predicted molar refractivity (Wildman–Crippen MR) is 213 cm³/mol. The maximum atomic E-state index is 14.2. The molecule has 54 heavy (non-hydrogen) atoms. The molecule has 2 rings (SSSR count). The van der Waals surface area contributed by atoms with Crippen molar-refractivity contribution in [1.82, 2.24) is 25.3 Å². The summed E-state index contributed by atoms with van der Waals surface area (Å²) in [6.45, 7) is 16.2. The van der Waals surface area contributed by atoms with E-state index >= 15 is 0 Å². The zero-order valence-electron chi connectivity index (χ0n) is 35.8. The van der Waals surface area contributed by atoms with E-state index in [1.165, 1.54) is 0 Å². The highest BCUT2D eigenvalue weighted by Gasteiger charge is 2.43. The maximum Gasteiger partial charge on any atom is 0.245 e. The lowest BCUT2D eigenvalue weighted by molar-refractivity contribution is -0.148. The molecule has 13 heteroatoms. The molecule has 13 nitrogen and oxygen atoms in total. The molecule has 1 aliphatic heterocycles. The Balaban J connectivity index is 2.22. The van der Waals surface area contributed by atoms with E-state index in [0.29, 0.717) is 13.0 Å². The monoisotopic (exact) mass is 763 g/mol. The minimum absolute atomic E-state index is 0.00858. The zero-order chi connectivity index (χ0) is 41.0. The van der Waals surface area contributed by atoms with Crippen LogP contribution in [0.3, 0.4) is 0 Å². The molecule has 3 unspecified atom stereocenters. The zero-order valence-corrected chi connectivity index (χ0v) is 35.8. The average molecular weight is 763 g/mol. The van der Waals surface area contributed by atoms with Crippen LogP contribution in [0.15, 0.2) is 24.0 Å². The number of amides is 4. The van der Waals surface area contributed by atoms with Gasteiger partial charge in [-0.3, -0.25) is 24.1 Å². The van der Waals surface area contributed by atoms with E-state index in [0.717, 1.165) is 25.0 Å². The molecule has 4 amide bonds. The van der Waals surface area contributed by atoms with Crippen LogP contribution < -0.4 is 16.4 Å². The van der Waals surface area contributed by atoms with Crippen molar-refractivity contribution in [3.63, 3.8) is 0 Å². The van der Waals surface area contributed by atoms with Gasteiger partial charge in [0.25, 0.3) is 0 Å². The first kappa shape index (κ1) is 47.2. The van der Waals surface area contributed by atoms with Crippen LogP contribution in [0.5, 0.6) is 0 Å². The van der Waals surface area contributed by atoms with Crippen LogP contribution in [-0.2, 0) is 33.4 Å². The van der Waals surface area contributed by atoms with Crippen molar-refractivity contribution < 1.29 is 33.4 Å². The number of methoxy groups -OCH3 is 3. The van der Waals surface area contributed by atoms with Gasteiger partial charge in [-0.1, -0.05) is 61.0 Å². The minimum Gasteiger partial charge on any atom is -0.497 e. The average Bonchev–Trinajstić information content (AvgIpc) is 3.62. The first-order valence-electron chi connectivity index (χ1n) is 19.9. The van der Waals surface area contributed by atoms with Gasteiger partial charge in [-0.05, 0) is 76.1 Å². The summed E-state index contributed by atoms with van der Waals surface area (Å²) in [4.78, 5) is 60.9. The summed E-state index contributed by atoms with van der Waals surface area (Å²) in [6, 6.07) is -2.48. The summed E-state index contributed by atoms with van der Waals surface area (Å²) in [5.74, 6) is -0.518. The summed E-state index contributed by atoms with van der Waals surface area (Å²) in [6.07, 6.45) is 7.79. The predicted octanol–water partition coefficient (Wildman–Crippen LogP) is 3.57. The number of rotatable bonds is 21. The van der Waals surface area contributed by atoms with Gasteiger partial charge in [0.15, 0.2) is 0 Å². The second kappa shape index (κ2) is 21.9. The first-order valence-corrected chi connectivity index (χ1v) is 19.9. The Kier molecular flexibility index (Phi) is 19.1. The number of nitrogens with zero attached hydrogens (tertiary/aromatic N) is 3. The van der Waals surface area contributed by atoms with Gasteiger partial charge < -0.3 is 40.4 Å². The van der Waals surface area contributed by atoms with Crippen molar-refractivity contribution in [2.45, 2.75) is 136 Å². The van der Waals surface area contributed by atoms with Gasteiger partial charge in [0.2, 0.25) is 23.6 Å². The number of hydrogen-bond acceptors (Lipinski definition) is 9. The number of carbonyl (C=O) groups is 4. The molecule has 11 atom stereocenters. The van der Waals surface area contributed by atoms with Crippen LogP contribution >= 0.6 is 0 Å². The molecule has 1 heterocycles. The largest absolute Gasteiger partial charge is 0.497 e. The smallest absolute Gasteiger partial charge is 0.245 e. The Hall–Kier alpha value is -3.00. The molecule has 0 aromatic carbocycles. The Morgan fingerprint density at radius 3 is 2.07 bits per heavy atom. The lowest BCUT2D eigenvalue weighted by Gasteiger charge is -2.41. The van der Waals surface area contributed by atoms with Gasteiger partial charge in [0.05, 0.1) is 49.8 Å². The second-order valence-corrected chi connectivity index (χ2v) is 16.4. The molecule has 0 spiro atoms. The van der Waals surface area contributed by atoms with E-state index in [1.807, 2.05) is 83.7 Å². The summed E-state index contributed by atoms with van der Waals surface area (Å²) < 4.78 is 17.3. The van der Waals surface area contributed by atoms with Gasteiger partial charge in [-0.25, -0.2) is 0 Å². The molecule has 0 radical (unpaired) electrons. The van der Waals surface area contributed by atoms with Crippen molar-refractivity contribution in [1.29, 1.82) is 0 Å². The highest BCUT2D eigenvalue weighted by Crippen LogP contribution is 2.30. The fraction of sp³-hybridized carbons (Fsp3) is 0.805. The van der Waals surface area contributed by atoms with Crippen molar-refractivity contribution >= 4 is 23.6 Å². The van der Waals surface area contributed by atoms with Gasteiger partial charge in [-0.2, -0.15) is 0 Å². The van der Waals surface area contributed by atoms with E-state index in [1.54, 1.807) is 33.3 Å².